The van der Waals surface area contributed by atoms with Crippen molar-refractivity contribution >= 4 is 21.6 Å². The van der Waals surface area contributed by atoms with E-state index in [1.54, 1.807) is 19.9 Å². The van der Waals surface area contributed by atoms with E-state index >= 15 is 0 Å². The number of nitrogens with two attached hydrogens (primary N) is 2. The van der Waals surface area contributed by atoms with Gasteiger partial charge < -0.3 is 11.1 Å². The maximum absolute atomic E-state index is 11.8. The molecule has 6 nitrogen and oxygen atoms in total. The van der Waals surface area contributed by atoms with E-state index in [0.717, 1.165) is 0 Å². The first-order chi connectivity index (χ1) is 8.23. The lowest BCUT2D eigenvalue weighted by molar-refractivity contribution is -0.119. The van der Waals surface area contributed by atoms with Crippen molar-refractivity contribution < 1.29 is 13.2 Å². The number of sulfonamides is 1. The first-order valence-corrected chi connectivity index (χ1v) is 6.96. The average molecular weight is 271 g/mol. The van der Waals surface area contributed by atoms with Gasteiger partial charge in [-0.25, -0.2) is 13.6 Å². The summed E-state index contributed by atoms with van der Waals surface area (Å²) in [5.74, 6) is -0.778. The first-order valence-electron chi connectivity index (χ1n) is 5.41. The van der Waals surface area contributed by atoms with Crippen LogP contribution in [0.2, 0.25) is 0 Å². The van der Waals surface area contributed by atoms with Gasteiger partial charge in [0.1, 0.15) is 4.90 Å². The van der Waals surface area contributed by atoms with E-state index in [9.17, 15) is 13.2 Å². The quantitative estimate of drug-likeness (QED) is 0.728. The molecule has 0 bridgehead atoms. The van der Waals surface area contributed by atoms with E-state index in [1.807, 2.05) is 0 Å². The molecule has 0 heterocycles. The van der Waals surface area contributed by atoms with Gasteiger partial charge >= 0.3 is 0 Å². The molecule has 5 N–H and O–H groups in total. The van der Waals surface area contributed by atoms with Crippen molar-refractivity contribution in [1.82, 2.24) is 0 Å². The number of benzene rings is 1. The maximum Gasteiger partial charge on any atom is 0.240 e. The van der Waals surface area contributed by atoms with Gasteiger partial charge in [-0.15, -0.1) is 0 Å². The van der Waals surface area contributed by atoms with Gasteiger partial charge in [-0.2, -0.15) is 0 Å². The molecule has 18 heavy (non-hydrogen) atoms. The largest absolute Gasteiger partial charge is 0.327 e. The molecule has 0 aliphatic heterocycles. The fourth-order valence-electron chi connectivity index (χ4n) is 1.30. The Kier molecular flexibility index (Phi) is 4.44. The Labute approximate surface area is 106 Å². The molecule has 0 spiro atoms. The molecule has 1 amide bonds. The predicted molar refractivity (Wildman–Crippen MR) is 69.3 cm³/mol. The van der Waals surface area contributed by atoms with Crippen LogP contribution in [-0.2, 0) is 14.8 Å². The van der Waals surface area contributed by atoms with Crippen LogP contribution >= 0.6 is 0 Å². The molecule has 2 unspecified atom stereocenters. The number of hydrogen-bond donors (Lipinski definition) is 3. The smallest absolute Gasteiger partial charge is 0.240 e. The van der Waals surface area contributed by atoms with E-state index in [-0.39, 0.29) is 22.5 Å². The minimum absolute atomic E-state index is 0.116. The van der Waals surface area contributed by atoms with Gasteiger partial charge in [0.25, 0.3) is 0 Å². The monoisotopic (exact) mass is 271 g/mol. The Morgan fingerprint density at radius 2 is 1.83 bits per heavy atom. The fraction of sp³-hybridized carbons (Fsp3) is 0.364. The fourth-order valence-corrected chi connectivity index (χ4v) is 2.00. The molecule has 0 aliphatic carbocycles. The summed E-state index contributed by atoms with van der Waals surface area (Å²) in [5, 5.41) is 7.59. The van der Waals surface area contributed by atoms with E-state index in [4.69, 9.17) is 10.9 Å². The molecule has 0 saturated carbocycles. The number of primary sulfonamides is 1. The Bertz CT molecular complexity index is 540. The highest BCUT2D eigenvalue weighted by Crippen LogP contribution is 2.20. The number of anilines is 1. The minimum atomic E-state index is -3.87. The van der Waals surface area contributed by atoms with Crippen LogP contribution in [0.5, 0.6) is 0 Å². The molecule has 0 radical (unpaired) electrons. The van der Waals surface area contributed by atoms with Crippen LogP contribution in [0.1, 0.15) is 13.8 Å². The van der Waals surface area contributed by atoms with Crippen molar-refractivity contribution in [3.63, 3.8) is 0 Å². The van der Waals surface area contributed by atoms with Crippen molar-refractivity contribution in [3.05, 3.63) is 24.3 Å². The molecular weight excluding hydrogens is 254 g/mol. The standard InChI is InChI=1S/C11H17N3O3S/c1-7(8(2)12)11(15)14-9-5-3-4-6-10(9)18(13,16)17/h3-8H,12H2,1-2H3,(H,14,15)(H2,13,16,17). The number of nitrogens with one attached hydrogen (secondary N) is 1. The van der Waals surface area contributed by atoms with E-state index < -0.39 is 15.9 Å². The normalized spacial score (nSPS) is 14.9. The van der Waals surface area contributed by atoms with Crippen LogP contribution < -0.4 is 16.2 Å². The number of amides is 1. The third-order valence-corrected chi connectivity index (χ3v) is 3.62. The Balaban J connectivity index is 3.03. The van der Waals surface area contributed by atoms with Gasteiger partial charge in [0.15, 0.2) is 0 Å². The van der Waals surface area contributed by atoms with Crippen LogP contribution in [0.15, 0.2) is 29.2 Å². The summed E-state index contributed by atoms with van der Waals surface area (Å²) in [4.78, 5) is 11.7. The second-order valence-corrected chi connectivity index (χ2v) is 5.71. The molecular formula is C11H17N3O3S. The van der Waals surface area contributed by atoms with E-state index in [0.29, 0.717) is 0 Å². The molecule has 0 fully saturated rings. The summed E-state index contributed by atoms with van der Waals surface area (Å²) in [6.07, 6.45) is 0. The minimum Gasteiger partial charge on any atom is -0.327 e. The summed E-state index contributed by atoms with van der Waals surface area (Å²) < 4.78 is 22.7. The molecule has 1 aromatic carbocycles. The molecule has 0 aliphatic rings. The molecule has 100 valence electrons. The third kappa shape index (κ3) is 3.52. The zero-order valence-electron chi connectivity index (χ0n) is 10.3. The van der Waals surface area contributed by atoms with Crippen LogP contribution in [0.25, 0.3) is 0 Å². The van der Waals surface area contributed by atoms with Crippen molar-refractivity contribution in [2.24, 2.45) is 16.8 Å². The molecule has 1 aromatic rings. The highest BCUT2D eigenvalue weighted by Gasteiger charge is 2.20. The SMILES string of the molecule is CC(N)C(C)C(=O)Nc1ccccc1S(N)(=O)=O. The summed E-state index contributed by atoms with van der Waals surface area (Å²) in [6.45, 7) is 3.37. The van der Waals surface area contributed by atoms with E-state index in [1.165, 1.54) is 18.2 Å². The predicted octanol–water partition coefficient (Wildman–Crippen LogP) is 0.256. The zero-order valence-corrected chi connectivity index (χ0v) is 11.1. The highest BCUT2D eigenvalue weighted by atomic mass is 32.2. The highest BCUT2D eigenvalue weighted by molar-refractivity contribution is 7.89. The summed E-state index contributed by atoms with van der Waals surface area (Å²) in [6, 6.07) is 5.63. The number of rotatable bonds is 4. The zero-order chi connectivity index (χ0) is 13.9. The van der Waals surface area contributed by atoms with Gasteiger partial charge in [-0.05, 0) is 19.1 Å². The number of carbonyl (C=O) groups is 1. The Morgan fingerprint density at radius 3 is 2.33 bits per heavy atom. The molecule has 0 saturated heterocycles. The summed E-state index contributed by atoms with van der Waals surface area (Å²) in [5.41, 5.74) is 5.77. The number of hydrogen-bond acceptors (Lipinski definition) is 4. The Hall–Kier alpha value is -1.44. The second kappa shape index (κ2) is 5.47. The number of para-hydroxylation sites is 1. The lowest BCUT2D eigenvalue weighted by Crippen LogP contribution is -2.34. The lowest BCUT2D eigenvalue weighted by Gasteiger charge is -2.16. The van der Waals surface area contributed by atoms with Gasteiger partial charge in [0, 0.05) is 6.04 Å². The topological polar surface area (TPSA) is 115 Å². The molecule has 2 atom stereocenters. The molecule has 7 heteroatoms. The van der Waals surface area contributed by atoms with Crippen molar-refractivity contribution in [2.75, 3.05) is 5.32 Å². The first kappa shape index (κ1) is 14.6. The van der Waals surface area contributed by atoms with Gasteiger partial charge in [0.05, 0.1) is 11.6 Å². The van der Waals surface area contributed by atoms with Gasteiger partial charge in [0.2, 0.25) is 15.9 Å². The number of carbonyl (C=O) groups excluding carboxylic acids is 1. The van der Waals surface area contributed by atoms with E-state index in [2.05, 4.69) is 5.32 Å². The van der Waals surface area contributed by atoms with Crippen LogP contribution in [0.3, 0.4) is 0 Å². The van der Waals surface area contributed by atoms with Crippen molar-refractivity contribution in [1.29, 1.82) is 0 Å². The summed E-state index contributed by atoms with van der Waals surface area (Å²) >= 11 is 0. The van der Waals surface area contributed by atoms with Gasteiger partial charge in [-0.1, -0.05) is 19.1 Å². The van der Waals surface area contributed by atoms with Crippen molar-refractivity contribution in [2.45, 2.75) is 24.8 Å². The van der Waals surface area contributed by atoms with Crippen LogP contribution in [-0.4, -0.2) is 20.4 Å². The lowest BCUT2D eigenvalue weighted by atomic mass is 10.0. The third-order valence-electron chi connectivity index (χ3n) is 2.65. The molecule has 1 rings (SSSR count). The van der Waals surface area contributed by atoms with Crippen LogP contribution in [0, 0.1) is 5.92 Å². The Morgan fingerprint density at radius 1 is 1.28 bits per heavy atom. The van der Waals surface area contributed by atoms with Crippen molar-refractivity contribution in [3.8, 4) is 0 Å². The second-order valence-electron chi connectivity index (χ2n) is 4.18. The molecule has 0 aromatic heterocycles. The average Bonchev–Trinajstić information content (AvgIpc) is 2.27. The summed E-state index contributed by atoms with van der Waals surface area (Å²) in [7, 11) is -3.87. The maximum atomic E-state index is 11.8. The van der Waals surface area contributed by atoms with Crippen LogP contribution in [0.4, 0.5) is 5.69 Å². The van der Waals surface area contributed by atoms with Gasteiger partial charge in [-0.3, -0.25) is 4.79 Å².